The molecule has 3 aromatic rings. The van der Waals surface area contributed by atoms with Gasteiger partial charge in [-0.3, -0.25) is 0 Å². The molecule has 3 rings (SSSR count). The highest BCUT2D eigenvalue weighted by Crippen LogP contribution is 2.23. The van der Waals surface area contributed by atoms with Crippen LogP contribution in [0, 0.1) is 6.92 Å². The molecule has 26 heavy (non-hydrogen) atoms. The minimum atomic E-state index is -3.62. The Kier molecular flexibility index (Phi) is 5.66. The Bertz CT molecular complexity index is 964. The second-order valence-corrected chi connectivity index (χ2v) is 7.73. The summed E-state index contributed by atoms with van der Waals surface area (Å²) in [6.07, 6.45) is 1.60. The van der Waals surface area contributed by atoms with Crippen LogP contribution in [0.15, 0.2) is 90.3 Å². The Labute approximate surface area is 155 Å². The van der Waals surface area contributed by atoms with Crippen LogP contribution in [0.25, 0.3) is 6.08 Å². The van der Waals surface area contributed by atoms with Gasteiger partial charge in [-0.1, -0.05) is 90.5 Å². The summed E-state index contributed by atoms with van der Waals surface area (Å²) in [6, 6.07) is 26.4. The summed E-state index contributed by atoms with van der Waals surface area (Å²) in [5.41, 5.74) is 3.77. The molecule has 0 aliphatic carbocycles. The highest BCUT2D eigenvalue weighted by Gasteiger charge is 2.19. The predicted molar refractivity (Wildman–Crippen MR) is 107 cm³/mol. The van der Waals surface area contributed by atoms with Crippen molar-refractivity contribution in [3.8, 4) is 0 Å². The molecule has 0 radical (unpaired) electrons. The SMILES string of the molecule is Cc1ccc([C@@H](NS(=O)(=O)/C=C/c2ccccc2)c2ccccc2)cc1. The van der Waals surface area contributed by atoms with E-state index in [4.69, 9.17) is 0 Å². The van der Waals surface area contributed by atoms with Gasteiger partial charge in [-0.25, -0.2) is 8.42 Å². The van der Waals surface area contributed by atoms with Crippen LogP contribution in [-0.4, -0.2) is 8.42 Å². The van der Waals surface area contributed by atoms with Crippen LogP contribution >= 0.6 is 0 Å². The van der Waals surface area contributed by atoms with Crippen LogP contribution < -0.4 is 4.72 Å². The monoisotopic (exact) mass is 363 g/mol. The maximum Gasteiger partial charge on any atom is 0.234 e. The van der Waals surface area contributed by atoms with E-state index in [9.17, 15) is 8.42 Å². The number of aryl methyl sites for hydroxylation is 1. The van der Waals surface area contributed by atoms with Gasteiger partial charge in [0, 0.05) is 5.41 Å². The van der Waals surface area contributed by atoms with Crippen molar-refractivity contribution in [2.24, 2.45) is 0 Å². The molecule has 0 spiro atoms. The average molecular weight is 363 g/mol. The number of rotatable bonds is 6. The summed E-state index contributed by atoms with van der Waals surface area (Å²) in [5, 5.41) is 1.21. The van der Waals surface area contributed by atoms with Crippen molar-refractivity contribution in [1.29, 1.82) is 0 Å². The van der Waals surface area contributed by atoms with E-state index in [0.717, 1.165) is 22.3 Å². The normalized spacial score (nSPS) is 13.0. The van der Waals surface area contributed by atoms with E-state index in [1.165, 1.54) is 5.41 Å². The summed E-state index contributed by atoms with van der Waals surface area (Å²) < 4.78 is 28.1. The fourth-order valence-electron chi connectivity index (χ4n) is 2.67. The van der Waals surface area contributed by atoms with Crippen LogP contribution in [0.3, 0.4) is 0 Å². The van der Waals surface area contributed by atoms with E-state index < -0.39 is 16.1 Å². The first kappa shape index (κ1) is 18.1. The van der Waals surface area contributed by atoms with Crippen molar-refractivity contribution < 1.29 is 8.42 Å². The molecule has 0 fully saturated rings. The van der Waals surface area contributed by atoms with E-state index in [1.54, 1.807) is 6.08 Å². The molecule has 0 saturated carbocycles. The van der Waals surface area contributed by atoms with Crippen molar-refractivity contribution in [3.05, 3.63) is 113 Å². The Balaban J connectivity index is 1.90. The molecule has 0 aliphatic rings. The standard InChI is InChI=1S/C22H21NO2S/c1-18-12-14-21(15-13-18)22(20-10-6-3-7-11-20)23-26(24,25)17-16-19-8-4-2-5-9-19/h2-17,22-23H,1H3/b17-16+/t22-/m0/s1. The molecular formula is C22H21NO2S. The molecule has 0 amide bonds. The van der Waals surface area contributed by atoms with Gasteiger partial charge < -0.3 is 0 Å². The third-order valence-electron chi connectivity index (χ3n) is 4.06. The number of hydrogen-bond acceptors (Lipinski definition) is 2. The summed E-state index contributed by atoms with van der Waals surface area (Å²) >= 11 is 0. The molecule has 3 aromatic carbocycles. The zero-order valence-electron chi connectivity index (χ0n) is 14.5. The lowest BCUT2D eigenvalue weighted by atomic mass is 9.99. The highest BCUT2D eigenvalue weighted by atomic mass is 32.2. The van der Waals surface area contributed by atoms with Crippen molar-refractivity contribution in [1.82, 2.24) is 4.72 Å². The van der Waals surface area contributed by atoms with Gasteiger partial charge >= 0.3 is 0 Å². The van der Waals surface area contributed by atoms with Crippen LogP contribution in [0.5, 0.6) is 0 Å². The predicted octanol–water partition coefficient (Wildman–Crippen LogP) is 4.67. The highest BCUT2D eigenvalue weighted by molar-refractivity contribution is 7.92. The third kappa shape index (κ3) is 4.91. The number of benzene rings is 3. The molecule has 0 unspecified atom stereocenters. The maximum atomic E-state index is 12.6. The van der Waals surface area contributed by atoms with Crippen LogP contribution in [0.1, 0.15) is 28.3 Å². The summed E-state index contributed by atoms with van der Waals surface area (Å²) in [4.78, 5) is 0. The lowest BCUT2D eigenvalue weighted by Gasteiger charge is -2.19. The second-order valence-electron chi connectivity index (χ2n) is 6.13. The Morgan fingerprint density at radius 1 is 0.769 bits per heavy atom. The zero-order chi connectivity index (χ0) is 18.4. The minimum absolute atomic E-state index is 0.442. The van der Waals surface area contributed by atoms with E-state index in [2.05, 4.69) is 4.72 Å². The molecule has 0 bridgehead atoms. The average Bonchev–Trinajstić information content (AvgIpc) is 2.67. The van der Waals surface area contributed by atoms with Gasteiger partial charge in [0.05, 0.1) is 6.04 Å². The van der Waals surface area contributed by atoms with Crippen LogP contribution in [0.2, 0.25) is 0 Å². The number of sulfonamides is 1. The van der Waals surface area contributed by atoms with Crippen molar-refractivity contribution in [3.63, 3.8) is 0 Å². The molecule has 1 atom stereocenters. The van der Waals surface area contributed by atoms with Gasteiger partial charge in [-0.2, -0.15) is 4.72 Å². The van der Waals surface area contributed by atoms with E-state index in [1.807, 2.05) is 91.9 Å². The van der Waals surface area contributed by atoms with E-state index >= 15 is 0 Å². The maximum absolute atomic E-state index is 12.6. The van der Waals surface area contributed by atoms with Gasteiger partial charge in [0.2, 0.25) is 10.0 Å². The van der Waals surface area contributed by atoms with Crippen LogP contribution in [0.4, 0.5) is 0 Å². The first-order chi connectivity index (χ1) is 12.5. The molecule has 0 heterocycles. The Morgan fingerprint density at radius 3 is 1.92 bits per heavy atom. The van der Waals surface area contributed by atoms with Crippen molar-refractivity contribution in [2.45, 2.75) is 13.0 Å². The molecular weight excluding hydrogens is 342 g/mol. The molecule has 4 heteroatoms. The third-order valence-corrected chi connectivity index (χ3v) is 5.12. The van der Waals surface area contributed by atoms with Gasteiger partial charge in [-0.05, 0) is 29.7 Å². The summed E-state index contributed by atoms with van der Waals surface area (Å²) in [6.45, 7) is 2.01. The van der Waals surface area contributed by atoms with Crippen molar-refractivity contribution in [2.75, 3.05) is 0 Å². The van der Waals surface area contributed by atoms with Crippen molar-refractivity contribution >= 4 is 16.1 Å². The molecule has 1 N–H and O–H groups in total. The lowest BCUT2D eigenvalue weighted by molar-refractivity contribution is 0.581. The minimum Gasteiger partial charge on any atom is -0.208 e. The van der Waals surface area contributed by atoms with Gasteiger partial charge in [0.15, 0.2) is 0 Å². The number of hydrogen-bond donors (Lipinski definition) is 1. The fourth-order valence-corrected chi connectivity index (χ4v) is 3.68. The topological polar surface area (TPSA) is 46.2 Å². The van der Waals surface area contributed by atoms with Crippen LogP contribution in [-0.2, 0) is 10.0 Å². The first-order valence-electron chi connectivity index (χ1n) is 8.40. The van der Waals surface area contributed by atoms with Gasteiger partial charge in [0.1, 0.15) is 0 Å². The van der Waals surface area contributed by atoms with Gasteiger partial charge in [0.25, 0.3) is 0 Å². The molecule has 0 aliphatic heterocycles. The summed E-state index contributed by atoms with van der Waals surface area (Å²) in [7, 11) is -3.62. The zero-order valence-corrected chi connectivity index (χ0v) is 15.4. The largest absolute Gasteiger partial charge is 0.234 e. The quantitative estimate of drug-likeness (QED) is 0.691. The van der Waals surface area contributed by atoms with E-state index in [0.29, 0.717) is 0 Å². The van der Waals surface area contributed by atoms with Gasteiger partial charge in [-0.15, -0.1) is 0 Å². The Hall–Kier alpha value is -2.69. The summed E-state index contributed by atoms with van der Waals surface area (Å²) in [5.74, 6) is 0. The molecule has 132 valence electrons. The molecule has 3 nitrogen and oxygen atoms in total. The fraction of sp³-hybridized carbons (Fsp3) is 0.0909. The molecule has 0 aromatic heterocycles. The van der Waals surface area contributed by atoms with E-state index in [-0.39, 0.29) is 0 Å². The first-order valence-corrected chi connectivity index (χ1v) is 9.95. The Morgan fingerprint density at radius 2 is 1.31 bits per heavy atom. The lowest BCUT2D eigenvalue weighted by Crippen LogP contribution is -2.27. The number of nitrogens with one attached hydrogen (secondary N) is 1. The smallest absolute Gasteiger partial charge is 0.208 e. The molecule has 0 saturated heterocycles. The second kappa shape index (κ2) is 8.13.